The van der Waals surface area contributed by atoms with Crippen LogP contribution in [0.3, 0.4) is 0 Å². The number of β-amino-alcohol motifs (C(OH)–C–C–N with tert-alkyl or cyclic N) is 1. The van der Waals surface area contributed by atoms with Crippen LogP contribution in [0.1, 0.15) is 49.7 Å². The summed E-state index contributed by atoms with van der Waals surface area (Å²) >= 11 is 0.683. The molecule has 0 aliphatic carbocycles. The number of ether oxygens (including phenoxy) is 1. The number of aromatic nitrogens is 2. The number of halogens is 6. The number of nitrogens with zero attached hydrogens (tertiary/aromatic N) is 5. The first-order valence-electron chi connectivity index (χ1n) is 15.4. The van der Waals surface area contributed by atoms with Crippen molar-refractivity contribution in [1.82, 2.24) is 14.9 Å². The molecule has 47 heavy (non-hydrogen) atoms. The molecule has 7 rings (SSSR count). The SMILES string of the molecule is N#Cc1c(N)sc2c(F)ccc(-c3c(C(F)(F)F)cc4c(N5CCCC[C@@H](O)C5)nc(OC[C@@]56CCCN5C[C@H](F)C6)nc4c3F)c12. The molecule has 3 fully saturated rings. The van der Waals surface area contributed by atoms with Gasteiger partial charge in [0, 0.05) is 42.4 Å². The number of hydrogen-bond acceptors (Lipinski definition) is 9. The van der Waals surface area contributed by atoms with Crippen molar-refractivity contribution in [2.45, 2.75) is 62.5 Å². The molecule has 0 unspecified atom stereocenters. The molecule has 3 N–H and O–H groups in total. The van der Waals surface area contributed by atoms with Gasteiger partial charge < -0.3 is 20.5 Å². The third-order valence-electron chi connectivity index (χ3n) is 9.57. The minimum absolute atomic E-state index is 0.00556. The number of nitriles is 1. The Balaban J connectivity index is 1.46. The molecule has 0 bridgehead atoms. The predicted molar refractivity (Wildman–Crippen MR) is 165 cm³/mol. The highest BCUT2D eigenvalue weighted by atomic mass is 32.1. The van der Waals surface area contributed by atoms with Gasteiger partial charge in [0.25, 0.3) is 0 Å². The lowest BCUT2D eigenvalue weighted by Crippen LogP contribution is -2.43. The summed E-state index contributed by atoms with van der Waals surface area (Å²) in [5, 5.41) is 19.7. The van der Waals surface area contributed by atoms with Gasteiger partial charge in [-0.05, 0) is 56.3 Å². The minimum Gasteiger partial charge on any atom is -0.461 e. The van der Waals surface area contributed by atoms with Gasteiger partial charge >= 0.3 is 12.2 Å². The van der Waals surface area contributed by atoms with Crippen LogP contribution in [0.25, 0.3) is 32.1 Å². The maximum atomic E-state index is 16.9. The average Bonchev–Trinajstić information content (AvgIpc) is 3.60. The van der Waals surface area contributed by atoms with Gasteiger partial charge in [-0.2, -0.15) is 28.4 Å². The van der Waals surface area contributed by atoms with Crippen LogP contribution in [0.4, 0.5) is 37.2 Å². The number of benzene rings is 2. The smallest absolute Gasteiger partial charge is 0.417 e. The lowest BCUT2D eigenvalue weighted by molar-refractivity contribution is -0.137. The molecule has 0 spiro atoms. The maximum Gasteiger partial charge on any atom is 0.417 e. The van der Waals surface area contributed by atoms with Crippen LogP contribution in [0.5, 0.6) is 6.01 Å². The summed E-state index contributed by atoms with van der Waals surface area (Å²) in [5.41, 5.74) is 1.91. The van der Waals surface area contributed by atoms with Crippen molar-refractivity contribution >= 4 is 43.1 Å². The van der Waals surface area contributed by atoms with Crippen molar-refractivity contribution in [2.75, 3.05) is 43.4 Å². The Kier molecular flexibility index (Phi) is 7.88. The summed E-state index contributed by atoms with van der Waals surface area (Å²) in [4.78, 5) is 12.4. The third-order valence-corrected chi connectivity index (χ3v) is 10.6. The molecule has 8 nitrogen and oxygen atoms in total. The molecular formula is C32H30F6N6O2S. The van der Waals surface area contributed by atoms with Gasteiger partial charge in [0.1, 0.15) is 41.0 Å². The van der Waals surface area contributed by atoms with E-state index in [4.69, 9.17) is 10.5 Å². The molecule has 3 aliphatic rings. The first-order chi connectivity index (χ1) is 22.4. The van der Waals surface area contributed by atoms with Crippen molar-refractivity contribution in [3.63, 3.8) is 0 Å². The fourth-order valence-electron chi connectivity index (χ4n) is 7.45. The van der Waals surface area contributed by atoms with E-state index in [9.17, 15) is 32.3 Å². The Morgan fingerprint density at radius 1 is 1.15 bits per heavy atom. The number of hydrogen-bond donors (Lipinski definition) is 2. The fourth-order valence-corrected chi connectivity index (χ4v) is 8.40. The number of fused-ring (bicyclic) bond motifs is 3. The van der Waals surface area contributed by atoms with Crippen molar-refractivity contribution in [3.05, 3.63) is 41.0 Å². The molecule has 248 valence electrons. The van der Waals surface area contributed by atoms with Crippen LogP contribution in [-0.2, 0) is 6.18 Å². The summed E-state index contributed by atoms with van der Waals surface area (Å²) in [7, 11) is 0. The summed E-state index contributed by atoms with van der Waals surface area (Å²) < 4.78 is 96.6. The quantitative estimate of drug-likeness (QED) is 0.229. The van der Waals surface area contributed by atoms with Crippen molar-refractivity contribution < 1.29 is 36.2 Å². The van der Waals surface area contributed by atoms with Crippen LogP contribution >= 0.6 is 11.3 Å². The fraction of sp³-hybridized carbons (Fsp3) is 0.469. The summed E-state index contributed by atoms with van der Waals surface area (Å²) in [6.07, 6.45) is -3.43. The average molecular weight is 677 g/mol. The molecule has 3 aliphatic heterocycles. The molecule has 15 heteroatoms. The van der Waals surface area contributed by atoms with Crippen LogP contribution in [-0.4, -0.2) is 70.6 Å². The molecule has 0 amide bonds. The Morgan fingerprint density at radius 2 is 1.96 bits per heavy atom. The van der Waals surface area contributed by atoms with E-state index < -0.39 is 52.3 Å². The Hall–Kier alpha value is -3.87. The second-order valence-electron chi connectivity index (χ2n) is 12.5. The summed E-state index contributed by atoms with van der Waals surface area (Å²) in [5.74, 6) is -2.23. The van der Waals surface area contributed by atoms with E-state index in [0.29, 0.717) is 50.1 Å². The van der Waals surface area contributed by atoms with E-state index in [-0.39, 0.29) is 69.5 Å². The molecule has 3 atom stereocenters. The minimum atomic E-state index is -5.10. The largest absolute Gasteiger partial charge is 0.461 e. The number of alkyl halides is 4. The van der Waals surface area contributed by atoms with Gasteiger partial charge in [0.05, 0.1) is 27.5 Å². The normalized spacial score (nSPS) is 23.7. The lowest BCUT2D eigenvalue weighted by Gasteiger charge is -2.31. The number of anilines is 2. The van der Waals surface area contributed by atoms with Gasteiger partial charge in [0.2, 0.25) is 0 Å². The standard InChI is InChI=1S/C32H30F6N6O2S/c33-16-11-31(7-3-9-44(31)13-16)15-46-30-41-26-19(29(42-30)43-8-2-1-4-17(45)14-43)10-21(32(36,37)38)24(25(26)35)18-5-6-22(34)27-23(18)20(12-39)28(40)47-27/h5-6,10,16-17,45H,1-4,7-9,11,13-15,40H2/t16-,17-,31+/m1/s1. The monoisotopic (exact) mass is 676 g/mol. The molecule has 5 heterocycles. The number of rotatable bonds is 5. The summed E-state index contributed by atoms with van der Waals surface area (Å²) in [6, 6.07) is 4.17. The third kappa shape index (κ3) is 5.40. The number of thiophene rings is 1. The van der Waals surface area contributed by atoms with E-state index in [1.807, 2.05) is 11.0 Å². The molecule has 2 aromatic heterocycles. The molecule has 2 aromatic carbocycles. The summed E-state index contributed by atoms with van der Waals surface area (Å²) in [6.45, 7) is 1.32. The Bertz CT molecular complexity index is 1930. The topological polar surface area (TPSA) is 112 Å². The zero-order valence-corrected chi connectivity index (χ0v) is 25.8. The number of aliphatic hydroxyl groups excluding tert-OH is 1. The van der Waals surface area contributed by atoms with Crippen LogP contribution in [0, 0.1) is 23.0 Å². The van der Waals surface area contributed by atoms with E-state index in [1.165, 1.54) is 0 Å². The predicted octanol–water partition coefficient (Wildman–Crippen LogP) is 6.57. The Labute approximate surface area is 269 Å². The zero-order chi connectivity index (χ0) is 33.2. The van der Waals surface area contributed by atoms with Crippen LogP contribution in [0.2, 0.25) is 0 Å². The highest BCUT2D eigenvalue weighted by Crippen LogP contribution is 2.48. The number of nitrogens with two attached hydrogens (primary N) is 1. The van der Waals surface area contributed by atoms with Gasteiger partial charge in [-0.1, -0.05) is 6.07 Å². The van der Waals surface area contributed by atoms with Crippen molar-refractivity contribution in [2.24, 2.45) is 0 Å². The number of nitrogen functional groups attached to an aromatic ring is 1. The van der Waals surface area contributed by atoms with Gasteiger partial charge in [-0.3, -0.25) is 4.90 Å². The van der Waals surface area contributed by atoms with Crippen molar-refractivity contribution in [3.8, 4) is 23.2 Å². The van der Waals surface area contributed by atoms with E-state index in [1.54, 1.807) is 4.90 Å². The van der Waals surface area contributed by atoms with E-state index >= 15 is 4.39 Å². The second-order valence-corrected chi connectivity index (χ2v) is 13.6. The van der Waals surface area contributed by atoms with E-state index in [0.717, 1.165) is 24.6 Å². The molecule has 0 radical (unpaired) electrons. The van der Waals surface area contributed by atoms with Gasteiger partial charge in [-0.15, -0.1) is 11.3 Å². The van der Waals surface area contributed by atoms with Gasteiger partial charge in [0.15, 0.2) is 5.82 Å². The molecular weight excluding hydrogens is 646 g/mol. The zero-order valence-electron chi connectivity index (χ0n) is 25.0. The van der Waals surface area contributed by atoms with Crippen LogP contribution < -0.4 is 15.4 Å². The molecule has 0 saturated carbocycles. The number of aliphatic hydroxyl groups is 1. The first kappa shape index (κ1) is 31.7. The van der Waals surface area contributed by atoms with Crippen LogP contribution in [0.15, 0.2) is 18.2 Å². The highest BCUT2D eigenvalue weighted by Gasteiger charge is 2.49. The maximum absolute atomic E-state index is 16.9. The lowest BCUT2D eigenvalue weighted by atomic mass is 9.92. The second kappa shape index (κ2) is 11.7. The first-order valence-corrected chi connectivity index (χ1v) is 16.2. The van der Waals surface area contributed by atoms with E-state index in [2.05, 4.69) is 9.97 Å². The molecule has 3 saturated heterocycles. The van der Waals surface area contributed by atoms with Crippen molar-refractivity contribution in [1.29, 1.82) is 5.26 Å². The Morgan fingerprint density at radius 3 is 2.72 bits per heavy atom. The molecule has 4 aromatic rings. The highest BCUT2D eigenvalue weighted by molar-refractivity contribution is 7.23. The van der Waals surface area contributed by atoms with Gasteiger partial charge in [-0.25, -0.2) is 13.2 Å².